The standard InChI is InChI=1S/C22H16ClNO4/c1-2-11-28-22(27)17-12-14(9-10-18(17)23)24-20(25)15-7-3-5-13-6-4-8-16(19(13)15)21(24)26/h3-10,12H,2,11H2,1H3. The number of esters is 1. The van der Waals surface area contributed by atoms with E-state index in [4.69, 9.17) is 16.3 Å². The molecule has 3 aromatic carbocycles. The molecule has 5 nitrogen and oxygen atoms in total. The first kappa shape index (κ1) is 18.2. The van der Waals surface area contributed by atoms with Crippen LogP contribution in [0, 0.1) is 0 Å². The fraction of sp³-hybridized carbons (Fsp3) is 0.136. The molecule has 1 aliphatic rings. The Bertz CT molecular complexity index is 1090. The van der Waals surface area contributed by atoms with Gasteiger partial charge in [-0.05, 0) is 42.1 Å². The molecule has 0 aliphatic carbocycles. The van der Waals surface area contributed by atoms with Gasteiger partial charge in [-0.2, -0.15) is 0 Å². The Hall–Kier alpha value is -3.18. The van der Waals surface area contributed by atoms with Crippen molar-refractivity contribution in [1.82, 2.24) is 0 Å². The number of anilines is 1. The summed E-state index contributed by atoms with van der Waals surface area (Å²) in [5, 5.41) is 1.67. The highest BCUT2D eigenvalue weighted by Gasteiger charge is 2.34. The minimum atomic E-state index is -0.590. The maximum absolute atomic E-state index is 13.1. The van der Waals surface area contributed by atoms with E-state index < -0.39 is 17.8 Å². The van der Waals surface area contributed by atoms with Crippen molar-refractivity contribution in [2.45, 2.75) is 13.3 Å². The average Bonchev–Trinajstić information content (AvgIpc) is 2.71. The third-order valence-electron chi connectivity index (χ3n) is 4.64. The topological polar surface area (TPSA) is 63.7 Å². The van der Waals surface area contributed by atoms with Crippen LogP contribution in [0.4, 0.5) is 5.69 Å². The van der Waals surface area contributed by atoms with Crippen LogP contribution in [0.3, 0.4) is 0 Å². The summed E-state index contributed by atoms with van der Waals surface area (Å²) in [5.41, 5.74) is 1.27. The van der Waals surface area contributed by atoms with Gasteiger partial charge in [-0.3, -0.25) is 9.59 Å². The molecule has 6 heteroatoms. The van der Waals surface area contributed by atoms with Crippen molar-refractivity contribution in [2.75, 3.05) is 11.5 Å². The van der Waals surface area contributed by atoms with E-state index >= 15 is 0 Å². The van der Waals surface area contributed by atoms with Crippen molar-refractivity contribution >= 4 is 45.8 Å². The SMILES string of the molecule is CCCOC(=O)c1cc(N2C(=O)c3cccc4cccc(c34)C2=O)ccc1Cl. The molecule has 0 saturated heterocycles. The summed E-state index contributed by atoms with van der Waals surface area (Å²) in [5.74, 6) is -1.47. The molecule has 0 N–H and O–H groups in total. The summed E-state index contributed by atoms with van der Waals surface area (Å²) < 4.78 is 5.15. The van der Waals surface area contributed by atoms with Crippen LogP contribution in [0.2, 0.25) is 5.02 Å². The van der Waals surface area contributed by atoms with Gasteiger partial charge < -0.3 is 4.74 Å². The van der Waals surface area contributed by atoms with Crippen LogP contribution in [0.15, 0.2) is 54.6 Å². The Balaban J connectivity index is 1.82. The maximum Gasteiger partial charge on any atom is 0.339 e. The molecule has 0 radical (unpaired) electrons. The maximum atomic E-state index is 13.1. The highest BCUT2D eigenvalue weighted by Crippen LogP contribution is 2.34. The van der Waals surface area contributed by atoms with E-state index in [2.05, 4.69) is 0 Å². The third-order valence-corrected chi connectivity index (χ3v) is 4.97. The number of benzene rings is 3. The highest BCUT2D eigenvalue weighted by atomic mass is 35.5. The molecule has 0 atom stereocenters. The number of ether oxygens (including phenoxy) is 1. The molecule has 1 heterocycles. The zero-order valence-electron chi connectivity index (χ0n) is 15.1. The second kappa shape index (κ2) is 7.09. The second-order valence-corrected chi connectivity index (χ2v) is 6.86. The van der Waals surface area contributed by atoms with Gasteiger partial charge >= 0.3 is 5.97 Å². The van der Waals surface area contributed by atoms with Gasteiger partial charge in [0.1, 0.15) is 0 Å². The van der Waals surface area contributed by atoms with E-state index in [1.807, 2.05) is 19.1 Å². The van der Waals surface area contributed by atoms with Crippen LogP contribution in [-0.4, -0.2) is 24.4 Å². The van der Waals surface area contributed by atoms with Gasteiger partial charge in [-0.15, -0.1) is 0 Å². The van der Waals surface area contributed by atoms with E-state index in [1.54, 1.807) is 30.3 Å². The molecule has 28 heavy (non-hydrogen) atoms. The van der Waals surface area contributed by atoms with Crippen LogP contribution >= 0.6 is 11.6 Å². The fourth-order valence-electron chi connectivity index (χ4n) is 3.35. The van der Waals surface area contributed by atoms with E-state index in [9.17, 15) is 14.4 Å². The monoisotopic (exact) mass is 393 g/mol. The normalized spacial score (nSPS) is 13.1. The van der Waals surface area contributed by atoms with Crippen molar-refractivity contribution in [3.63, 3.8) is 0 Å². The van der Waals surface area contributed by atoms with Crippen LogP contribution < -0.4 is 4.90 Å². The lowest BCUT2D eigenvalue weighted by Crippen LogP contribution is -2.40. The molecule has 0 aromatic heterocycles. The summed E-state index contributed by atoms with van der Waals surface area (Å²) in [7, 11) is 0. The van der Waals surface area contributed by atoms with Crippen molar-refractivity contribution in [1.29, 1.82) is 0 Å². The molecule has 4 rings (SSSR count). The van der Waals surface area contributed by atoms with Crippen molar-refractivity contribution in [3.05, 3.63) is 76.3 Å². The molecule has 0 spiro atoms. The van der Waals surface area contributed by atoms with Gasteiger partial charge in [0.25, 0.3) is 11.8 Å². The fourth-order valence-corrected chi connectivity index (χ4v) is 3.54. The Morgan fingerprint density at radius 3 is 2.25 bits per heavy atom. The molecule has 0 fully saturated rings. The number of carbonyl (C=O) groups is 3. The van der Waals surface area contributed by atoms with Crippen molar-refractivity contribution in [3.8, 4) is 0 Å². The van der Waals surface area contributed by atoms with E-state index in [1.165, 1.54) is 12.1 Å². The van der Waals surface area contributed by atoms with Gasteiger partial charge in [0.15, 0.2) is 0 Å². The highest BCUT2D eigenvalue weighted by molar-refractivity contribution is 6.37. The van der Waals surface area contributed by atoms with Gasteiger partial charge in [-0.25, -0.2) is 9.69 Å². The lowest BCUT2D eigenvalue weighted by Gasteiger charge is -2.27. The van der Waals surface area contributed by atoms with Gasteiger partial charge in [0, 0.05) is 16.5 Å². The number of rotatable bonds is 4. The summed E-state index contributed by atoms with van der Waals surface area (Å²) in [6.07, 6.45) is 0.674. The average molecular weight is 394 g/mol. The minimum Gasteiger partial charge on any atom is -0.462 e. The Labute approximate surface area is 166 Å². The van der Waals surface area contributed by atoms with E-state index in [0.29, 0.717) is 22.9 Å². The number of imide groups is 1. The summed E-state index contributed by atoms with van der Waals surface area (Å²) in [6.45, 7) is 2.14. The van der Waals surface area contributed by atoms with Gasteiger partial charge in [0.05, 0.1) is 22.9 Å². The third kappa shape index (κ3) is 2.84. The molecule has 140 valence electrons. The van der Waals surface area contributed by atoms with Crippen molar-refractivity contribution in [2.24, 2.45) is 0 Å². The number of amides is 2. The first-order valence-electron chi connectivity index (χ1n) is 8.90. The van der Waals surface area contributed by atoms with Crippen LogP contribution in [-0.2, 0) is 4.74 Å². The zero-order valence-corrected chi connectivity index (χ0v) is 15.8. The number of halogens is 1. The minimum absolute atomic E-state index is 0.116. The first-order valence-corrected chi connectivity index (χ1v) is 9.28. The number of carbonyl (C=O) groups excluding carboxylic acids is 3. The van der Waals surface area contributed by atoms with E-state index in [-0.39, 0.29) is 22.9 Å². The molecule has 0 saturated carbocycles. The first-order chi connectivity index (χ1) is 13.5. The van der Waals surface area contributed by atoms with Gasteiger partial charge in [-0.1, -0.05) is 42.8 Å². The molecular formula is C22H16ClNO4. The van der Waals surface area contributed by atoms with E-state index in [0.717, 1.165) is 10.3 Å². The lowest BCUT2D eigenvalue weighted by atomic mass is 9.93. The second-order valence-electron chi connectivity index (χ2n) is 6.46. The van der Waals surface area contributed by atoms with Crippen LogP contribution in [0.25, 0.3) is 10.8 Å². The number of hydrogen-bond acceptors (Lipinski definition) is 4. The van der Waals surface area contributed by atoms with Crippen LogP contribution in [0.1, 0.15) is 44.4 Å². The number of hydrogen-bond donors (Lipinski definition) is 0. The Morgan fingerprint density at radius 1 is 1.00 bits per heavy atom. The Morgan fingerprint density at radius 2 is 1.64 bits per heavy atom. The van der Waals surface area contributed by atoms with Crippen molar-refractivity contribution < 1.29 is 19.1 Å². The largest absolute Gasteiger partial charge is 0.462 e. The van der Waals surface area contributed by atoms with Crippen LogP contribution in [0.5, 0.6) is 0 Å². The quantitative estimate of drug-likeness (QED) is 0.469. The molecule has 0 unspecified atom stereocenters. The molecule has 0 bridgehead atoms. The zero-order chi connectivity index (χ0) is 19.8. The molecular weight excluding hydrogens is 378 g/mol. The predicted molar refractivity (Wildman–Crippen MR) is 107 cm³/mol. The predicted octanol–water partition coefficient (Wildman–Crippen LogP) is 4.86. The smallest absolute Gasteiger partial charge is 0.339 e. The Kier molecular flexibility index (Phi) is 4.61. The summed E-state index contributed by atoms with van der Waals surface area (Å²) in [6, 6.07) is 15.1. The molecule has 3 aromatic rings. The molecule has 2 amide bonds. The lowest BCUT2D eigenvalue weighted by molar-refractivity contribution is 0.0504. The summed E-state index contributed by atoms with van der Waals surface area (Å²) >= 11 is 6.14. The number of nitrogens with zero attached hydrogens (tertiary/aromatic N) is 1. The molecule has 1 aliphatic heterocycles. The van der Waals surface area contributed by atoms with Gasteiger partial charge in [0.2, 0.25) is 0 Å². The summed E-state index contributed by atoms with van der Waals surface area (Å²) in [4.78, 5) is 39.6.